The molecule has 2 heterocycles. The maximum Gasteiger partial charge on any atom is 0.261 e. The van der Waals surface area contributed by atoms with Crippen LogP contribution in [0.15, 0.2) is 29.3 Å². The molecule has 1 aromatic heterocycles. The summed E-state index contributed by atoms with van der Waals surface area (Å²) in [5, 5.41) is 4.52. The Labute approximate surface area is 210 Å². The first-order valence-corrected chi connectivity index (χ1v) is 11.7. The van der Waals surface area contributed by atoms with E-state index in [1.54, 1.807) is 31.3 Å². The number of halogens is 1. The van der Waals surface area contributed by atoms with Gasteiger partial charge in [-0.3, -0.25) is 19.5 Å². The van der Waals surface area contributed by atoms with E-state index in [2.05, 4.69) is 15.2 Å². The van der Waals surface area contributed by atoms with Crippen molar-refractivity contribution in [3.63, 3.8) is 0 Å². The maximum atomic E-state index is 12.4. The minimum Gasteiger partial charge on any atom is -0.356 e. The number of fused-ring (bicyclic) bond motifs is 2. The lowest BCUT2D eigenvalue weighted by atomic mass is 10.0. The van der Waals surface area contributed by atoms with Gasteiger partial charge < -0.3 is 10.2 Å². The van der Waals surface area contributed by atoms with Gasteiger partial charge in [-0.15, -0.1) is 35.3 Å². The number of aryl methyl sites for hydroxylation is 2. The van der Waals surface area contributed by atoms with Gasteiger partial charge in [0, 0.05) is 32.1 Å². The summed E-state index contributed by atoms with van der Waals surface area (Å²) >= 11 is 1.83. The normalized spacial score (nSPS) is 15.3. The molecule has 32 heavy (non-hydrogen) atoms. The van der Waals surface area contributed by atoms with Crippen molar-refractivity contribution in [2.75, 3.05) is 27.2 Å². The Hall–Kier alpha value is -2.01. The van der Waals surface area contributed by atoms with Crippen LogP contribution in [0.1, 0.15) is 62.0 Å². The number of thiazole rings is 1. The Balaban J connectivity index is 0.00000289. The smallest absolute Gasteiger partial charge is 0.261 e. The Morgan fingerprint density at radius 1 is 1.16 bits per heavy atom. The van der Waals surface area contributed by atoms with Crippen molar-refractivity contribution in [2.45, 2.75) is 45.1 Å². The number of amides is 2. The molecule has 1 aliphatic heterocycles. The molecule has 2 aliphatic rings. The molecule has 0 saturated heterocycles. The van der Waals surface area contributed by atoms with Crippen LogP contribution in [0.4, 0.5) is 0 Å². The summed E-state index contributed by atoms with van der Waals surface area (Å²) in [6, 6.07) is 7.02. The molecule has 0 bridgehead atoms. The predicted octanol–water partition coefficient (Wildman–Crippen LogP) is 3.72. The summed E-state index contributed by atoms with van der Waals surface area (Å²) in [5.74, 6) is 0.458. The number of benzene rings is 1. The number of nitrogens with one attached hydrogen (secondary N) is 1. The zero-order chi connectivity index (χ0) is 21.8. The highest BCUT2D eigenvalue weighted by molar-refractivity contribution is 14.0. The van der Waals surface area contributed by atoms with Gasteiger partial charge in [0.1, 0.15) is 5.01 Å². The Bertz CT molecular complexity index is 948. The molecule has 2 amide bonds. The summed E-state index contributed by atoms with van der Waals surface area (Å²) in [6.07, 6.45) is 6.38. The minimum absolute atomic E-state index is 0. The Morgan fingerprint density at radius 2 is 1.84 bits per heavy atom. The van der Waals surface area contributed by atoms with Crippen LogP contribution in [0, 0.1) is 0 Å². The molecule has 0 saturated carbocycles. The van der Waals surface area contributed by atoms with E-state index in [0.29, 0.717) is 17.7 Å². The van der Waals surface area contributed by atoms with Crippen molar-refractivity contribution < 1.29 is 9.59 Å². The topological polar surface area (TPSA) is 77.9 Å². The fraction of sp³-hybridized carbons (Fsp3) is 0.478. The number of hydrogen-bond acceptors (Lipinski definition) is 5. The molecule has 0 spiro atoms. The third-order valence-electron chi connectivity index (χ3n) is 5.81. The largest absolute Gasteiger partial charge is 0.356 e. The van der Waals surface area contributed by atoms with Gasteiger partial charge in [-0.05, 0) is 50.7 Å². The van der Waals surface area contributed by atoms with Crippen LogP contribution >= 0.6 is 35.3 Å². The van der Waals surface area contributed by atoms with Gasteiger partial charge in [0.2, 0.25) is 0 Å². The standard InChI is InChI=1S/C23H29N5O2S.HI/c1-24-23(27(2)15-20-26-18-11-5-6-12-19(18)31-20)25-13-7-8-14-28-21(29)16-9-3-4-10-17(16)22(28)30;/h3-4,9-10H,5-8,11-15H2,1-2H3,(H,24,25);1H. The second-order valence-electron chi connectivity index (χ2n) is 8.03. The number of rotatable bonds is 7. The van der Waals surface area contributed by atoms with Gasteiger partial charge in [-0.2, -0.15) is 0 Å². The second-order valence-corrected chi connectivity index (χ2v) is 9.20. The highest BCUT2D eigenvalue weighted by Crippen LogP contribution is 2.27. The van der Waals surface area contributed by atoms with Crippen molar-refractivity contribution in [1.29, 1.82) is 0 Å². The number of carbonyl (C=O) groups is 2. The third-order valence-corrected chi connectivity index (χ3v) is 6.95. The van der Waals surface area contributed by atoms with E-state index in [9.17, 15) is 9.59 Å². The minimum atomic E-state index is -0.185. The fourth-order valence-electron chi connectivity index (χ4n) is 4.17. The highest BCUT2D eigenvalue weighted by Gasteiger charge is 2.34. The average Bonchev–Trinajstić information content (AvgIpc) is 3.29. The zero-order valence-electron chi connectivity index (χ0n) is 18.6. The van der Waals surface area contributed by atoms with Crippen LogP contribution in [0.3, 0.4) is 0 Å². The summed E-state index contributed by atoms with van der Waals surface area (Å²) in [7, 11) is 3.80. The van der Waals surface area contributed by atoms with E-state index in [4.69, 9.17) is 4.98 Å². The summed E-state index contributed by atoms with van der Waals surface area (Å²) in [4.78, 5) is 38.9. The van der Waals surface area contributed by atoms with Crippen molar-refractivity contribution in [2.24, 2.45) is 4.99 Å². The van der Waals surface area contributed by atoms with Gasteiger partial charge in [0.15, 0.2) is 5.96 Å². The molecule has 4 rings (SSSR count). The lowest BCUT2D eigenvalue weighted by Gasteiger charge is -2.21. The van der Waals surface area contributed by atoms with E-state index < -0.39 is 0 Å². The van der Waals surface area contributed by atoms with Crippen molar-refractivity contribution >= 4 is 53.1 Å². The van der Waals surface area contributed by atoms with Gasteiger partial charge >= 0.3 is 0 Å². The number of hydrogen-bond donors (Lipinski definition) is 1. The van der Waals surface area contributed by atoms with Gasteiger partial charge in [0.05, 0.1) is 23.4 Å². The van der Waals surface area contributed by atoms with E-state index >= 15 is 0 Å². The molecule has 2 aromatic rings. The second kappa shape index (κ2) is 11.2. The maximum absolute atomic E-state index is 12.4. The Morgan fingerprint density at radius 3 is 2.50 bits per heavy atom. The molecule has 1 aromatic carbocycles. The molecular formula is C23H30IN5O2S. The molecule has 1 aliphatic carbocycles. The van der Waals surface area contributed by atoms with E-state index in [1.165, 1.54) is 28.3 Å². The lowest BCUT2D eigenvalue weighted by Crippen LogP contribution is -2.39. The van der Waals surface area contributed by atoms with Gasteiger partial charge in [0.25, 0.3) is 11.8 Å². The summed E-state index contributed by atoms with van der Waals surface area (Å²) in [6.45, 7) is 1.91. The van der Waals surface area contributed by atoms with Crippen molar-refractivity contribution in [1.82, 2.24) is 20.1 Å². The van der Waals surface area contributed by atoms with Gasteiger partial charge in [-0.25, -0.2) is 4.98 Å². The number of aliphatic imine (C=N–C) groups is 1. The first kappa shape index (κ1) is 24.6. The fourth-order valence-corrected chi connectivity index (χ4v) is 5.38. The van der Waals surface area contributed by atoms with Crippen LogP contribution in [-0.4, -0.2) is 59.7 Å². The Kier molecular flexibility index (Phi) is 8.64. The zero-order valence-corrected chi connectivity index (χ0v) is 21.7. The molecule has 1 N–H and O–H groups in total. The molecule has 172 valence electrons. The molecular weight excluding hydrogens is 537 g/mol. The number of unbranched alkanes of at least 4 members (excludes halogenated alkanes) is 1. The van der Waals surface area contributed by atoms with Crippen LogP contribution in [0.5, 0.6) is 0 Å². The first-order chi connectivity index (χ1) is 15.1. The van der Waals surface area contributed by atoms with Crippen LogP contribution in [0.2, 0.25) is 0 Å². The number of carbonyl (C=O) groups excluding carboxylic acids is 2. The third kappa shape index (κ3) is 5.31. The molecule has 0 fully saturated rings. The molecule has 0 unspecified atom stereocenters. The highest BCUT2D eigenvalue weighted by atomic mass is 127. The summed E-state index contributed by atoms with van der Waals surface area (Å²) < 4.78 is 0. The monoisotopic (exact) mass is 567 g/mol. The van der Waals surface area contributed by atoms with Crippen molar-refractivity contribution in [3.05, 3.63) is 51.0 Å². The number of imide groups is 1. The van der Waals surface area contributed by atoms with Crippen LogP contribution in [-0.2, 0) is 19.4 Å². The average molecular weight is 567 g/mol. The molecule has 0 radical (unpaired) electrons. The van der Waals surface area contributed by atoms with Gasteiger partial charge in [-0.1, -0.05) is 12.1 Å². The molecule has 7 nitrogen and oxygen atoms in total. The van der Waals surface area contributed by atoms with Crippen molar-refractivity contribution in [3.8, 4) is 0 Å². The lowest BCUT2D eigenvalue weighted by molar-refractivity contribution is 0.0652. The number of aromatic nitrogens is 1. The predicted molar refractivity (Wildman–Crippen MR) is 138 cm³/mol. The number of guanidine groups is 1. The first-order valence-electron chi connectivity index (χ1n) is 10.9. The van der Waals surface area contributed by atoms with E-state index in [0.717, 1.165) is 49.7 Å². The summed E-state index contributed by atoms with van der Waals surface area (Å²) in [5.41, 5.74) is 2.31. The quantitative estimate of drug-likeness (QED) is 0.182. The number of nitrogens with zero attached hydrogens (tertiary/aromatic N) is 4. The van der Waals surface area contributed by atoms with E-state index in [-0.39, 0.29) is 35.8 Å². The van der Waals surface area contributed by atoms with Crippen LogP contribution < -0.4 is 5.32 Å². The van der Waals surface area contributed by atoms with E-state index in [1.807, 2.05) is 18.4 Å². The van der Waals surface area contributed by atoms with Crippen LogP contribution in [0.25, 0.3) is 0 Å². The molecule has 9 heteroatoms. The SMILES string of the molecule is CN=C(NCCCCN1C(=O)c2ccccc2C1=O)N(C)Cc1nc2c(s1)CCCC2.I. The molecule has 0 atom stereocenters.